The lowest BCUT2D eigenvalue weighted by atomic mass is 9.92. The lowest BCUT2D eigenvalue weighted by molar-refractivity contribution is 0.136. The van der Waals surface area contributed by atoms with Crippen molar-refractivity contribution in [3.8, 4) is 5.75 Å². The molecule has 0 saturated carbocycles. The number of carbonyl (C=O) groups excluding carboxylic acids is 1. The SMILES string of the molecule is CCOC1=NC[C@@H](c2c(F)cc(OC)cc2F)[C@@H]1NC(=O)OCc1ccccc1. The van der Waals surface area contributed by atoms with Gasteiger partial charge in [-0.25, -0.2) is 13.6 Å². The molecule has 3 rings (SSSR count). The molecule has 1 amide bonds. The van der Waals surface area contributed by atoms with E-state index < -0.39 is 29.7 Å². The van der Waals surface area contributed by atoms with Crippen molar-refractivity contribution < 1.29 is 27.8 Å². The number of carbonyl (C=O) groups is 1. The minimum absolute atomic E-state index is 0.0659. The highest BCUT2D eigenvalue weighted by Crippen LogP contribution is 2.33. The Kier molecular flexibility index (Phi) is 6.64. The van der Waals surface area contributed by atoms with E-state index in [2.05, 4.69) is 10.3 Å². The Hall–Kier alpha value is -3.16. The number of halogens is 2. The molecule has 0 aliphatic carbocycles. The summed E-state index contributed by atoms with van der Waals surface area (Å²) in [7, 11) is 1.33. The number of hydrogen-bond donors (Lipinski definition) is 1. The lowest BCUT2D eigenvalue weighted by Gasteiger charge is -2.23. The molecule has 154 valence electrons. The van der Waals surface area contributed by atoms with Crippen LogP contribution in [0.25, 0.3) is 0 Å². The van der Waals surface area contributed by atoms with Crippen LogP contribution in [0.3, 0.4) is 0 Å². The third-order valence-electron chi connectivity index (χ3n) is 4.55. The molecule has 2 aromatic carbocycles. The monoisotopic (exact) mass is 404 g/mol. The van der Waals surface area contributed by atoms with E-state index in [-0.39, 0.29) is 30.4 Å². The quantitative estimate of drug-likeness (QED) is 0.795. The van der Waals surface area contributed by atoms with E-state index in [4.69, 9.17) is 14.2 Å². The van der Waals surface area contributed by atoms with Gasteiger partial charge in [-0.15, -0.1) is 0 Å². The fraction of sp³-hybridized carbons (Fsp3) is 0.333. The van der Waals surface area contributed by atoms with Gasteiger partial charge in [-0.05, 0) is 12.5 Å². The summed E-state index contributed by atoms with van der Waals surface area (Å²) < 4.78 is 44.8. The third-order valence-corrected chi connectivity index (χ3v) is 4.55. The standard InChI is InChI=1S/C21H22F2N2O4/c1-3-28-20-19(25-21(26)29-12-13-7-5-4-6-8-13)15(11-24-20)18-16(22)9-14(27-2)10-17(18)23/h4-10,15,19H,3,11-12H2,1-2H3,(H,25,26)/t15-,19-/m0/s1. The first-order valence-corrected chi connectivity index (χ1v) is 9.20. The van der Waals surface area contributed by atoms with Crippen LogP contribution in [0.15, 0.2) is 47.5 Å². The number of nitrogens with one attached hydrogen (secondary N) is 1. The summed E-state index contributed by atoms with van der Waals surface area (Å²) >= 11 is 0. The maximum atomic E-state index is 14.6. The zero-order valence-electron chi connectivity index (χ0n) is 16.2. The smallest absolute Gasteiger partial charge is 0.408 e. The van der Waals surface area contributed by atoms with E-state index in [1.807, 2.05) is 30.3 Å². The van der Waals surface area contributed by atoms with Crippen molar-refractivity contribution in [2.45, 2.75) is 25.5 Å². The molecule has 2 aromatic rings. The minimum Gasteiger partial charge on any atom is -0.497 e. The number of aliphatic imine (C=N–C) groups is 1. The van der Waals surface area contributed by atoms with Crippen molar-refractivity contribution >= 4 is 12.0 Å². The molecule has 0 bridgehead atoms. The van der Waals surface area contributed by atoms with Crippen LogP contribution in [-0.4, -0.2) is 38.3 Å². The van der Waals surface area contributed by atoms with Crippen LogP contribution >= 0.6 is 0 Å². The van der Waals surface area contributed by atoms with Gasteiger partial charge >= 0.3 is 6.09 Å². The molecule has 29 heavy (non-hydrogen) atoms. The van der Waals surface area contributed by atoms with Crippen molar-refractivity contribution in [3.05, 3.63) is 65.2 Å². The number of ether oxygens (including phenoxy) is 3. The van der Waals surface area contributed by atoms with Crippen LogP contribution in [0.2, 0.25) is 0 Å². The second kappa shape index (κ2) is 9.36. The summed E-state index contributed by atoms with van der Waals surface area (Å²) in [6.07, 6.45) is -0.729. The summed E-state index contributed by atoms with van der Waals surface area (Å²) in [5, 5.41) is 2.63. The first-order chi connectivity index (χ1) is 14.0. The fourth-order valence-electron chi connectivity index (χ4n) is 3.19. The molecule has 6 nitrogen and oxygen atoms in total. The van der Waals surface area contributed by atoms with E-state index in [1.54, 1.807) is 6.92 Å². The number of nitrogens with zero attached hydrogens (tertiary/aromatic N) is 1. The van der Waals surface area contributed by atoms with E-state index in [1.165, 1.54) is 7.11 Å². The highest BCUT2D eigenvalue weighted by Gasteiger charge is 2.39. The molecular weight excluding hydrogens is 382 g/mol. The molecule has 0 aromatic heterocycles. The van der Waals surface area contributed by atoms with Gasteiger partial charge in [0.05, 0.1) is 20.3 Å². The Labute approximate surface area is 167 Å². The van der Waals surface area contributed by atoms with E-state index >= 15 is 0 Å². The number of methoxy groups -OCH3 is 1. The maximum Gasteiger partial charge on any atom is 0.408 e. The molecule has 0 saturated heterocycles. The van der Waals surface area contributed by atoms with Gasteiger partial charge in [-0.2, -0.15) is 0 Å². The average Bonchev–Trinajstić information content (AvgIpc) is 3.09. The summed E-state index contributed by atoms with van der Waals surface area (Å²) in [4.78, 5) is 16.5. The summed E-state index contributed by atoms with van der Waals surface area (Å²) in [5.41, 5.74) is 0.633. The van der Waals surface area contributed by atoms with Gasteiger partial charge in [0.15, 0.2) is 0 Å². The van der Waals surface area contributed by atoms with Crippen LogP contribution in [-0.2, 0) is 16.1 Å². The predicted molar refractivity (Wildman–Crippen MR) is 103 cm³/mol. The Morgan fingerprint density at radius 2 is 1.90 bits per heavy atom. The van der Waals surface area contributed by atoms with Gasteiger partial charge in [-0.1, -0.05) is 30.3 Å². The number of rotatable bonds is 6. The number of benzene rings is 2. The summed E-state index contributed by atoms with van der Waals surface area (Å²) in [5.74, 6) is -2.04. The topological polar surface area (TPSA) is 69.2 Å². The molecule has 0 unspecified atom stereocenters. The number of amides is 1. The molecule has 1 N–H and O–H groups in total. The summed E-state index contributed by atoms with van der Waals surface area (Å²) in [6, 6.07) is 10.5. The summed E-state index contributed by atoms with van der Waals surface area (Å²) in [6.45, 7) is 2.20. The highest BCUT2D eigenvalue weighted by atomic mass is 19.1. The van der Waals surface area contributed by atoms with Gasteiger partial charge < -0.3 is 19.5 Å². The van der Waals surface area contributed by atoms with Gasteiger partial charge in [0.25, 0.3) is 0 Å². The molecular formula is C21H22F2N2O4. The highest BCUT2D eigenvalue weighted by molar-refractivity contribution is 5.88. The van der Waals surface area contributed by atoms with Gasteiger partial charge in [-0.3, -0.25) is 4.99 Å². The molecule has 1 aliphatic rings. The van der Waals surface area contributed by atoms with Crippen LogP contribution in [0.1, 0.15) is 24.0 Å². The first-order valence-electron chi connectivity index (χ1n) is 9.20. The molecule has 0 spiro atoms. The lowest BCUT2D eigenvalue weighted by Crippen LogP contribution is -2.44. The second-order valence-electron chi connectivity index (χ2n) is 6.41. The van der Waals surface area contributed by atoms with Crippen molar-refractivity contribution in [3.63, 3.8) is 0 Å². The van der Waals surface area contributed by atoms with Gasteiger partial charge in [0, 0.05) is 23.6 Å². The molecule has 1 heterocycles. The molecule has 0 radical (unpaired) electrons. The number of alkyl carbamates (subject to hydrolysis) is 1. The molecule has 1 aliphatic heterocycles. The van der Waals surface area contributed by atoms with Crippen LogP contribution in [0.4, 0.5) is 13.6 Å². The predicted octanol–water partition coefficient (Wildman–Crippen LogP) is 3.80. The Morgan fingerprint density at radius 1 is 1.21 bits per heavy atom. The Morgan fingerprint density at radius 3 is 2.52 bits per heavy atom. The van der Waals surface area contributed by atoms with Gasteiger partial charge in [0.1, 0.15) is 30.0 Å². The largest absolute Gasteiger partial charge is 0.497 e. The van der Waals surface area contributed by atoms with Crippen molar-refractivity contribution in [2.75, 3.05) is 20.3 Å². The molecule has 0 fully saturated rings. The zero-order chi connectivity index (χ0) is 20.8. The minimum atomic E-state index is -0.851. The normalized spacial score (nSPS) is 18.1. The van der Waals surface area contributed by atoms with E-state index in [0.717, 1.165) is 17.7 Å². The van der Waals surface area contributed by atoms with Crippen molar-refractivity contribution in [2.24, 2.45) is 4.99 Å². The maximum absolute atomic E-state index is 14.6. The van der Waals surface area contributed by atoms with Gasteiger partial charge in [0.2, 0.25) is 5.90 Å². The molecule has 8 heteroatoms. The van der Waals surface area contributed by atoms with Crippen molar-refractivity contribution in [1.29, 1.82) is 0 Å². The second-order valence-corrected chi connectivity index (χ2v) is 6.41. The van der Waals surface area contributed by atoms with Crippen LogP contribution in [0.5, 0.6) is 5.75 Å². The zero-order valence-corrected chi connectivity index (χ0v) is 16.2. The fourth-order valence-corrected chi connectivity index (χ4v) is 3.19. The van der Waals surface area contributed by atoms with E-state index in [9.17, 15) is 13.6 Å². The van der Waals surface area contributed by atoms with Crippen LogP contribution in [0, 0.1) is 11.6 Å². The Balaban J connectivity index is 1.77. The number of hydrogen-bond acceptors (Lipinski definition) is 5. The third kappa shape index (κ3) is 4.82. The van der Waals surface area contributed by atoms with Crippen molar-refractivity contribution in [1.82, 2.24) is 5.32 Å². The molecule has 2 atom stereocenters. The van der Waals surface area contributed by atoms with E-state index in [0.29, 0.717) is 6.61 Å². The average molecular weight is 404 g/mol. The first kappa shape index (κ1) is 20.6. The Bertz CT molecular complexity index is 866. The van der Waals surface area contributed by atoms with Crippen LogP contribution < -0.4 is 10.1 Å².